The average molecular weight is 374 g/mol. The van der Waals surface area contributed by atoms with E-state index in [0.717, 1.165) is 6.07 Å². The Bertz CT molecular complexity index is 769. The molecule has 0 aliphatic heterocycles. The molecule has 0 amide bonds. The van der Waals surface area contributed by atoms with Gasteiger partial charge in [-0.05, 0) is 40.2 Å². The Kier molecular flexibility index (Phi) is 4.37. The Morgan fingerprint density at radius 3 is 2.32 bits per heavy atom. The summed E-state index contributed by atoms with van der Waals surface area (Å²) in [6.07, 6.45) is -4.95. The van der Waals surface area contributed by atoms with Crippen molar-refractivity contribution in [2.24, 2.45) is 5.92 Å². The number of hydrogen-bond acceptors (Lipinski definition) is 3. The first-order valence-corrected chi connectivity index (χ1v) is 7.17. The van der Waals surface area contributed by atoms with E-state index in [1.54, 1.807) is 13.8 Å². The van der Waals surface area contributed by atoms with Crippen molar-refractivity contribution >= 4 is 38.4 Å². The molecule has 2 rings (SSSR count). The predicted octanol–water partition coefficient (Wildman–Crippen LogP) is 4.58. The molecule has 1 heterocycles. The molecule has 0 fully saturated rings. The van der Waals surface area contributed by atoms with Gasteiger partial charge in [-0.25, -0.2) is 4.98 Å². The molecule has 0 radical (unpaired) electrons. The third-order valence-corrected chi connectivity index (χ3v) is 3.94. The zero-order chi connectivity index (χ0) is 16.7. The lowest BCUT2D eigenvalue weighted by Crippen LogP contribution is -2.23. The lowest BCUT2D eigenvalue weighted by atomic mass is 10.0. The van der Waals surface area contributed by atoms with Crippen molar-refractivity contribution in [2.45, 2.75) is 20.0 Å². The molecule has 0 unspecified atom stereocenters. The molecular weight excluding hydrogens is 363 g/mol. The maximum atomic E-state index is 12.5. The SMILES string of the molecule is CC(C)C(=O)c1ccc2c(Br)c(C(=O)C(F)(F)F)ccc2n1. The van der Waals surface area contributed by atoms with Gasteiger partial charge in [-0.1, -0.05) is 13.8 Å². The summed E-state index contributed by atoms with van der Waals surface area (Å²) in [5.74, 6) is -2.32. The third-order valence-electron chi connectivity index (χ3n) is 3.08. The van der Waals surface area contributed by atoms with Crippen molar-refractivity contribution in [1.29, 1.82) is 0 Å². The van der Waals surface area contributed by atoms with E-state index >= 15 is 0 Å². The van der Waals surface area contributed by atoms with Gasteiger partial charge in [-0.15, -0.1) is 0 Å². The molecule has 0 aliphatic carbocycles. The summed E-state index contributed by atoms with van der Waals surface area (Å²) in [6.45, 7) is 3.46. The molecule has 2 aromatic rings. The fourth-order valence-corrected chi connectivity index (χ4v) is 2.58. The Morgan fingerprint density at radius 1 is 1.14 bits per heavy atom. The highest BCUT2D eigenvalue weighted by Crippen LogP contribution is 2.31. The van der Waals surface area contributed by atoms with Gasteiger partial charge >= 0.3 is 6.18 Å². The summed E-state index contributed by atoms with van der Waals surface area (Å²) < 4.78 is 37.6. The zero-order valence-electron chi connectivity index (χ0n) is 11.7. The van der Waals surface area contributed by atoms with Gasteiger partial charge in [0.25, 0.3) is 5.78 Å². The Labute approximate surface area is 132 Å². The molecule has 0 N–H and O–H groups in total. The molecule has 22 heavy (non-hydrogen) atoms. The van der Waals surface area contributed by atoms with Crippen LogP contribution in [0.1, 0.15) is 34.7 Å². The van der Waals surface area contributed by atoms with Crippen LogP contribution in [0.2, 0.25) is 0 Å². The molecule has 1 aromatic heterocycles. The molecule has 0 atom stereocenters. The second-order valence-electron chi connectivity index (χ2n) is 5.04. The van der Waals surface area contributed by atoms with Gasteiger partial charge in [-0.2, -0.15) is 13.2 Å². The number of alkyl halides is 3. The molecule has 7 heteroatoms. The summed E-state index contributed by atoms with van der Waals surface area (Å²) in [7, 11) is 0. The summed E-state index contributed by atoms with van der Waals surface area (Å²) in [5.41, 5.74) is 0.103. The number of pyridine rings is 1. The predicted molar refractivity (Wildman–Crippen MR) is 79.0 cm³/mol. The highest BCUT2D eigenvalue weighted by Gasteiger charge is 2.40. The van der Waals surface area contributed by atoms with Crippen LogP contribution in [0.4, 0.5) is 13.2 Å². The minimum absolute atomic E-state index is 0.0170. The summed E-state index contributed by atoms with van der Waals surface area (Å²) in [5, 5.41) is 0.343. The number of Topliss-reactive ketones (excluding diaryl/α,β-unsaturated/α-hetero) is 2. The molecule has 0 aliphatic rings. The maximum Gasteiger partial charge on any atom is 0.454 e. The second-order valence-corrected chi connectivity index (χ2v) is 5.83. The lowest BCUT2D eigenvalue weighted by Gasteiger charge is -2.10. The number of ketones is 2. The van der Waals surface area contributed by atoms with Crippen LogP contribution in [0.3, 0.4) is 0 Å². The van der Waals surface area contributed by atoms with Crippen LogP contribution in [0.25, 0.3) is 10.9 Å². The number of rotatable bonds is 3. The topological polar surface area (TPSA) is 47.0 Å². The monoisotopic (exact) mass is 373 g/mol. The van der Waals surface area contributed by atoms with Crippen molar-refractivity contribution in [2.75, 3.05) is 0 Å². The molecule has 116 valence electrons. The molecular formula is C15H11BrF3NO2. The van der Waals surface area contributed by atoms with E-state index in [0.29, 0.717) is 10.9 Å². The summed E-state index contributed by atoms with van der Waals surface area (Å²) >= 11 is 3.02. The van der Waals surface area contributed by atoms with E-state index in [2.05, 4.69) is 20.9 Å². The third kappa shape index (κ3) is 3.04. The fraction of sp³-hybridized carbons (Fsp3) is 0.267. The Morgan fingerprint density at radius 2 is 1.77 bits per heavy atom. The first kappa shape index (κ1) is 16.6. The first-order valence-electron chi connectivity index (χ1n) is 6.38. The fourth-order valence-electron chi connectivity index (χ4n) is 1.93. The van der Waals surface area contributed by atoms with Crippen LogP contribution < -0.4 is 0 Å². The number of halogens is 4. The van der Waals surface area contributed by atoms with E-state index in [1.165, 1.54) is 18.2 Å². The van der Waals surface area contributed by atoms with Gasteiger partial charge in [0.1, 0.15) is 5.69 Å². The number of carbonyl (C=O) groups excluding carboxylic acids is 2. The van der Waals surface area contributed by atoms with Gasteiger partial charge in [0, 0.05) is 21.3 Å². The smallest absolute Gasteiger partial charge is 0.292 e. The van der Waals surface area contributed by atoms with Crippen molar-refractivity contribution < 1.29 is 22.8 Å². The molecule has 1 aromatic carbocycles. The Hall–Kier alpha value is -1.76. The quantitative estimate of drug-likeness (QED) is 0.739. The van der Waals surface area contributed by atoms with E-state index in [-0.39, 0.29) is 21.9 Å². The molecule has 3 nitrogen and oxygen atoms in total. The number of benzene rings is 1. The van der Waals surface area contributed by atoms with Gasteiger partial charge in [-0.3, -0.25) is 9.59 Å². The summed E-state index contributed by atoms with van der Waals surface area (Å²) in [6, 6.07) is 5.28. The van der Waals surface area contributed by atoms with Crippen LogP contribution in [-0.4, -0.2) is 22.7 Å². The van der Waals surface area contributed by atoms with Crippen molar-refractivity contribution in [3.63, 3.8) is 0 Å². The van der Waals surface area contributed by atoms with E-state index in [9.17, 15) is 22.8 Å². The second kappa shape index (κ2) is 5.79. The van der Waals surface area contributed by atoms with Gasteiger partial charge in [0.2, 0.25) is 0 Å². The van der Waals surface area contributed by atoms with E-state index in [1.807, 2.05) is 0 Å². The minimum Gasteiger partial charge on any atom is -0.292 e. The van der Waals surface area contributed by atoms with Crippen LogP contribution in [0.15, 0.2) is 28.7 Å². The normalized spacial score (nSPS) is 12.0. The highest BCUT2D eigenvalue weighted by molar-refractivity contribution is 9.10. The molecule has 0 bridgehead atoms. The van der Waals surface area contributed by atoms with E-state index < -0.39 is 17.5 Å². The molecule has 0 saturated heterocycles. The van der Waals surface area contributed by atoms with Crippen molar-refractivity contribution in [1.82, 2.24) is 4.98 Å². The first-order chi connectivity index (χ1) is 10.1. The average Bonchev–Trinajstić information content (AvgIpc) is 2.44. The number of carbonyl (C=O) groups is 2. The van der Waals surface area contributed by atoms with Gasteiger partial charge in [0.15, 0.2) is 5.78 Å². The van der Waals surface area contributed by atoms with Gasteiger partial charge in [0.05, 0.1) is 5.52 Å². The van der Waals surface area contributed by atoms with Crippen molar-refractivity contribution in [3.8, 4) is 0 Å². The zero-order valence-corrected chi connectivity index (χ0v) is 13.2. The van der Waals surface area contributed by atoms with Crippen molar-refractivity contribution in [3.05, 3.63) is 40.0 Å². The van der Waals surface area contributed by atoms with Crippen LogP contribution in [0, 0.1) is 5.92 Å². The number of aromatic nitrogens is 1. The summed E-state index contributed by atoms with van der Waals surface area (Å²) in [4.78, 5) is 27.4. The number of hydrogen-bond donors (Lipinski definition) is 0. The lowest BCUT2D eigenvalue weighted by molar-refractivity contribution is -0.0885. The maximum absolute atomic E-state index is 12.5. The van der Waals surface area contributed by atoms with Crippen LogP contribution >= 0.6 is 15.9 Å². The minimum atomic E-state index is -4.95. The molecule has 0 spiro atoms. The number of nitrogens with zero attached hydrogens (tertiary/aromatic N) is 1. The number of fused-ring (bicyclic) bond motifs is 1. The molecule has 0 saturated carbocycles. The van der Waals surface area contributed by atoms with Crippen LogP contribution in [0.5, 0.6) is 0 Å². The highest BCUT2D eigenvalue weighted by atomic mass is 79.9. The largest absolute Gasteiger partial charge is 0.454 e. The Balaban J connectivity index is 2.57. The van der Waals surface area contributed by atoms with Gasteiger partial charge < -0.3 is 0 Å². The van der Waals surface area contributed by atoms with E-state index in [4.69, 9.17) is 0 Å². The standard InChI is InChI=1S/C15H11BrF3NO2/c1-7(2)13(21)11-6-3-8-10(20-11)5-4-9(12(8)16)14(22)15(17,18)19/h3-7H,1-2H3. The van der Waals surface area contributed by atoms with Crippen LogP contribution in [-0.2, 0) is 0 Å².